The van der Waals surface area contributed by atoms with E-state index in [1.54, 1.807) is 0 Å². The smallest absolute Gasteiger partial charge is 0.0607 e. The number of nitrogens with one attached hydrogen (secondary N) is 1. The number of hydrogen-bond acceptors (Lipinski definition) is 2. The van der Waals surface area contributed by atoms with Crippen LogP contribution in [0, 0.1) is 0 Å². The van der Waals surface area contributed by atoms with Gasteiger partial charge in [-0.15, -0.1) is 0 Å². The number of nitrogens with zero attached hydrogens (tertiary/aromatic N) is 1. The quantitative estimate of drug-likeness (QED) is 0.835. The molecule has 0 aromatic heterocycles. The van der Waals surface area contributed by atoms with E-state index >= 15 is 0 Å². The number of fused-ring (bicyclic) bond motifs is 1. The van der Waals surface area contributed by atoms with Gasteiger partial charge in [-0.25, -0.2) is 0 Å². The molecule has 0 fully saturated rings. The van der Waals surface area contributed by atoms with E-state index in [-0.39, 0.29) is 0 Å². The first kappa shape index (κ1) is 11.3. The summed E-state index contributed by atoms with van der Waals surface area (Å²) in [6.07, 6.45) is 2.39. The Hall–Kier alpha value is -1.18. The average molecular weight is 218 g/mol. The lowest BCUT2D eigenvalue weighted by Crippen LogP contribution is -2.55. The van der Waals surface area contributed by atoms with Crippen LogP contribution < -0.4 is 10.2 Å². The lowest BCUT2D eigenvalue weighted by atomic mass is 9.87. The van der Waals surface area contributed by atoms with Gasteiger partial charge in [0.05, 0.1) is 16.9 Å². The van der Waals surface area contributed by atoms with Crippen LogP contribution in [-0.2, 0) is 0 Å². The Labute approximate surface area is 98.7 Å². The van der Waals surface area contributed by atoms with Crippen molar-refractivity contribution in [2.75, 3.05) is 23.3 Å². The maximum absolute atomic E-state index is 3.58. The fraction of sp³-hybridized carbons (Fsp3) is 0.571. The number of anilines is 2. The first-order chi connectivity index (χ1) is 7.77. The van der Waals surface area contributed by atoms with Crippen LogP contribution in [0.2, 0.25) is 0 Å². The fourth-order valence-corrected chi connectivity index (χ4v) is 2.86. The largest absolute Gasteiger partial charge is 0.381 e. The van der Waals surface area contributed by atoms with E-state index in [0.717, 1.165) is 13.1 Å². The molecule has 0 saturated carbocycles. The van der Waals surface area contributed by atoms with E-state index in [1.807, 2.05) is 0 Å². The SMILES string of the molecule is CCN1c2ccccc2NCC1(CC)CC. The van der Waals surface area contributed by atoms with Crippen LogP contribution in [-0.4, -0.2) is 18.6 Å². The Morgan fingerprint density at radius 2 is 1.88 bits per heavy atom. The lowest BCUT2D eigenvalue weighted by Gasteiger charge is -2.48. The Kier molecular flexibility index (Phi) is 3.08. The zero-order valence-corrected chi connectivity index (χ0v) is 10.6. The summed E-state index contributed by atoms with van der Waals surface area (Å²) in [5.74, 6) is 0. The standard InChI is InChI=1S/C14H22N2/c1-4-14(5-2)11-15-12-9-7-8-10-13(12)16(14)6-3/h7-10,15H,4-6,11H2,1-3H3. The minimum atomic E-state index is 0.295. The van der Waals surface area contributed by atoms with Crippen molar-refractivity contribution in [3.05, 3.63) is 24.3 Å². The number of rotatable bonds is 3. The van der Waals surface area contributed by atoms with Crippen molar-refractivity contribution >= 4 is 11.4 Å². The molecule has 2 heteroatoms. The minimum Gasteiger partial charge on any atom is -0.381 e. The molecule has 1 N–H and O–H groups in total. The summed E-state index contributed by atoms with van der Waals surface area (Å²) in [5.41, 5.74) is 2.94. The van der Waals surface area contributed by atoms with E-state index in [9.17, 15) is 0 Å². The molecule has 2 rings (SSSR count). The number of hydrogen-bond donors (Lipinski definition) is 1. The topological polar surface area (TPSA) is 15.3 Å². The van der Waals surface area contributed by atoms with Gasteiger partial charge in [0, 0.05) is 13.1 Å². The van der Waals surface area contributed by atoms with Crippen LogP contribution in [0.15, 0.2) is 24.3 Å². The van der Waals surface area contributed by atoms with Gasteiger partial charge in [-0.2, -0.15) is 0 Å². The molecule has 16 heavy (non-hydrogen) atoms. The van der Waals surface area contributed by atoms with Crippen LogP contribution in [0.5, 0.6) is 0 Å². The van der Waals surface area contributed by atoms with Crippen molar-refractivity contribution in [2.24, 2.45) is 0 Å². The van der Waals surface area contributed by atoms with Crippen molar-refractivity contribution in [2.45, 2.75) is 39.2 Å². The normalized spacial score (nSPS) is 17.8. The number of likely N-dealkylation sites (N-methyl/N-ethyl adjacent to an activating group) is 1. The predicted octanol–water partition coefficient (Wildman–Crippen LogP) is 3.50. The van der Waals surface area contributed by atoms with E-state index in [0.29, 0.717) is 5.54 Å². The summed E-state index contributed by atoms with van der Waals surface area (Å²) >= 11 is 0. The molecule has 1 aliphatic rings. The summed E-state index contributed by atoms with van der Waals surface area (Å²) in [5, 5.41) is 3.58. The molecule has 0 radical (unpaired) electrons. The Morgan fingerprint density at radius 1 is 1.19 bits per heavy atom. The van der Waals surface area contributed by atoms with Gasteiger partial charge in [0.25, 0.3) is 0 Å². The number of para-hydroxylation sites is 2. The second-order valence-electron chi connectivity index (χ2n) is 4.55. The maximum atomic E-state index is 3.58. The average Bonchev–Trinajstić information content (AvgIpc) is 2.37. The van der Waals surface area contributed by atoms with Crippen LogP contribution >= 0.6 is 0 Å². The summed E-state index contributed by atoms with van der Waals surface area (Å²) in [7, 11) is 0. The molecule has 0 aliphatic carbocycles. The molecule has 1 heterocycles. The Balaban J connectivity index is 2.44. The third-order valence-corrected chi connectivity index (χ3v) is 4.01. The first-order valence-electron chi connectivity index (χ1n) is 6.38. The van der Waals surface area contributed by atoms with Crippen LogP contribution in [0.3, 0.4) is 0 Å². The van der Waals surface area contributed by atoms with Gasteiger partial charge in [0.1, 0.15) is 0 Å². The van der Waals surface area contributed by atoms with E-state index in [4.69, 9.17) is 0 Å². The maximum Gasteiger partial charge on any atom is 0.0607 e. The molecule has 0 spiro atoms. The molecule has 0 amide bonds. The Morgan fingerprint density at radius 3 is 2.50 bits per heavy atom. The van der Waals surface area contributed by atoms with E-state index in [1.165, 1.54) is 24.2 Å². The molecule has 0 saturated heterocycles. The van der Waals surface area contributed by atoms with Crippen LogP contribution in [0.1, 0.15) is 33.6 Å². The molecular formula is C14H22N2. The van der Waals surface area contributed by atoms with Gasteiger partial charge in [-0.3, -0.25) is 0 Å². The minimum absolute atomic E-state index is 0.295. The van der Waals surface area contributed by atoms with Gasteiger partial charge in [0.2, 0.25) is 0 Å². The van der Waals surface area contributed by atoms with Gasteiger partial charge >= 0.3 is 0 Å². The van der Waals surface area contributed by atoms with Gasteiger partial charge < -0.3 is 10.2 Å². The summed E-state index contributed by atoms with van der Waals surface area (Å²) in [4.78, 5) is 2.57. The zero-order chi connectivity index (χ0) is 11.6. The lowest BCUT2D eigenvalue weighted by molar-refractivity contribution is 0.374. The summed E-state index contributed by atoms with van der Waals surface area (Å²) < 4.78 is 0. The second kappa shape index (κ2) is 4.36. The molecule has 1 aliphatic heterocycles. The second-order valence-corrected chi connectivity index (χ2v) is 4.55. The van der Waals surface area contributed by atoms with Gasteiger partial charge in [-0.1, -0.05) is 26.0 Å². The first-order valence-corrected chi connectivity index (χ1v) is 6.38. The van der Waals surface area contributed by atoms with Crippen molar-refractivity contribution in [1.29, 1.82) is 0 Å². The van der Waals surface area contributed by atoms with Crippen molar-refractivity contribution in [3.8, 4) is 0 Å². The predicted molar refractivity (Wildman–Crippen MR) is 71.3 cm³/mol. The summed E-state index contributed by atoms with van der Waals surface area (Å²) in [6, 6.07) is 8.63. The Bertz CT molecular complexity index is 356. The van der Waals surface area contributed by atoms with Crippen LogP contribution in [0.4, 0.5) is 11.4 Å². The van der Waals surface area contributed by atoms with Crippen molar-refractivity contribution in [3.63, 3.8) is 0 Å². The third kappa shape index (κ3) is 1.57. The molecule has 0 unspecified atom stereocenters. The van der Waals surface area contributed by atoms with E-state index in [2.05, 4.69) is 55.3 Å². The molecule has 2 nitrogen and oxygen atoms in total. The molecule has 1 aromatic carbocycles. The third-order valence-electron chi connectivity index (χ3n) is 4.01. The van der Waals surface area contributed by atoms with Gasteiger partial charge in [0.15, 0.2) is 0 Å². The molecule has 0 bridgehead atoms. The monoisotopic (exact) mass is 218 g/mol. The van der Waals surface area contributed by atoms with Crippen molar-refractivity contribution < 1.29 is 0 Å². The highest BCUT2D eigenvalue weighted by molar-refractivity contribution is 5.73. The molecular weight excluding hydrogens is 196 g/mol. The molecule has 1 aromatic rings. The van der Waals surface area contributed by atoms with Crippen molar-refractivity contribution in [1.82, 2.24) is 0 Å². The highest BCUT2D eigenvalue weighted by Crippen LogP contribution is 2.38. The van der Waals surface area contributed by atoms with Crippen LogP contribution in [0.25, 0.3) is 0 Å². The molecule has 88 valence electrons. The highest BCUT2D eigenvalue weighted by Gasteiger charge is 2.36. The van der Waals surface area contributed by atoms with E-state index < -0.39 is 0 Å². The fourth-order valence-electron chi connectivity index (χ4n) is 2.86. The zero-order valence-electron chi connectivity index (χ0n) is 10.6. The molecule has 0 atom stereocenters. The number of benzene rings is 1. The van der Waals surface area contributed by atoms with Gasteiger partial charge in [-0.05, 0) is 31.9 Å². The highest BCUT2D eigenvalue weighted by atomic mass is 15.3. The summed E-state index contributed by atoms with van der Waals surface area (Å²) in [6.45, 7) is 8.98.